The minimum Gasteiger partial charge on any atom is -0.536 e. The van der Waals surface area contributed by atoms with Crippen LogP contribution in [0.3, 0.4) is 0 Å². The maximum Gasteiger partial charge on any atom is 0.526 e. The summed E-state index contributed by atoms with van der Waals surface area (Å²) in [7, 11) is -1.22. The molecule has 1 aromatic carbocycles. The first-order valence-corrected chi connectivity index (χ1v) is 11.9. The lowest BCUT2D eigenvalue weighted by Crippen LogP contribution is -2.58. The number of hydrogen-bond donors (Lipinski definition) is 3. The van der Waals surface area contributed by atoms with Crippen molar-refractivity contribution in [2.45, 2.75) is 38.5 Å². The SMILES string of the molecule is CCN1CCN(C(=O)NC(C(=O)C[C@H]2Cc3cccc(C)c3OB2O)c2nsc(N)n2)C(=O)C1=O. The van der Waals surface area contributed by atoms with Crippen LogP contribution in [0.1, 0.15) is 36.3 Å². The normalized spacial score (nSPS) is 18.7. The molecule has 35 heavy (non-hydrogen) atoms. The van der Waals surface area contributed by atoms with Crippen molar-refractivity contribution in [2.75, 3.05) is 25.4 Å². The van der Waals surface area contributed by atoms with Gasteiger partial charge in [0.2, 0.25) is 0 Å². The number of carbonyl (C=O) groups is 4. The average molecular weight is 500 g/mol. The van der Waals surface area contributed by atoms with E-state index in [0.717, 1.165) is 27.6 Å². The number of nitrogens with zero attached hydrogens (tertiary/aromatic N) is 4. The number of nitrogen functional groups attached to an aromatic ring is 1. The van der Waals surface area contributed by atoms with E-state index in [-0.39, 0.29) is 30.5 Å². The van der Waals surface area contributed by atoms with Gasteiger partial charge >= 0.3 is 25.0 Å². The van der Waals surface area contributed by atoms with Crippen LogP contribution in [0, 0.1) is 6.92 Å². The highest BCUT2D eigenvalue weighted by Crippen LogP contribution is 2.36. The molecule has 4 amide bonds. The molecule has 1 aromatic heterocycles. The van der Waals surface area contributed by atoms with Gasteiger partial charge in [0.15, 0.2) is 22.8 Å². The van der Waals surface area contributed by atoms with Crippen LogP contribution >= 0.6 is 11.5 Å². The van der Waals surface area contributed by atoms with Crippen LogP contribution in [0.25, 0.3) is 0 Å². The van der Waals surface area contributed by atoms with Gasteiger partial charge in [-0.1, -0.05) is 18.2 Å². The molecule has 4 rings (SSSR count). The zero-order valence-electron chi connectivity index (χ0n) is 19.3. The minimum atomic E-state index is -1.32. The number of likely N-dealkylation sites (N-methyl/N-ethyl adjacent to an activating group) is 1. The summed E-state index contributed by atoms with van der Waals surface area (Å²) in [4.78, 5) is 57.0. The predicted molar refractivity (Wildman–Crippen MR) is 126 cm³/mol. The first kappa shape index (κ1) is 24.6. The van der Waals surface area contributed by atoms with E-state index in [1.807, 2.05) is 25.1 Å². The van der Waals surface area contributed by atoms with Gasteiger partial charge in [0.1, 0.15) is 5.75 Å². The third-order valence-corrected chi connectivity index (χ3v) is 6.68. The van der Waals surface area contributed by atoms with Gasteiger partial charge in [-0.25, -0.2) is 9.78 Å². The van der Waals surface area contributed by atoms with Gasteiger partial charge in [0, 0.05) is 43.4 Å². The Kier molecular flexibility index (Phi) is 7.03. The fourth-order valence-corrected chi connectivity index (χ4v) is 4.68. The number of carbonyl (C=O) groups excluding carboxylic acids is 4. The standard InChI is InChI=1S/C21H25BN6O6S/c1-3-27-7-8-28(19(31)18(27)30)21(32)24-15(17-25-20(23)35-26-17)14(29)10-13-9-12-6-4-5-11(2)16(12)34-22(13)33/h4-6,13,15,33H,3,7-10H2,1-2H3,(H,24,32)(H2,23,25,26)/t13-,15?/m1/s1. The van der Waals surface area contributed by atoms with E-state index >= 15 is 0 Å². The number of imide groups is 1. The van der Waals surface area contributed by atoms with E-state index in [4.69, 9.17) is 10.4 Å². The van der Waals surface area contributed by atoms with Crippen LogP contribution in [0.15, 0.2) is 18.2 Å². The monoisotopic (exact) mass is 500 g/mol. The number of Topliss-reactive ketones (excluding diaryl/α,β-unsaturated/α-hetero) is 1. The molecule has 0 saturated carbocycles. The predicted octanol–water partition coefficient (Wildman–Crippen LogP) is 0.315. The fraction of sp³-hybridized carbons (Fsp3) is 0.429. The molecule has 184 valence electrons. The first-order chi connectivity index (χ1) is 16.7. The van der Waals surface area contributed by atoms with E-state index < -0.39 is 42.6 Å². The lowest BCUT2D eigenvalue weighted by atomic mass is 9.64. The lowest BCUT2D eigenvalue weighted by Gasteiger charge is -2.32. The number of nitrogens with two attached hydrogens (primary N) is 1. The van der Waals surface area contributed by atoms with Gasteiger partial charge in [-0.3, -0.25) is 19.3 Å². The largest absolute Gasteiger partial charge is 0.536 e. The molecule has 1 unspecified atom stereocenters. The molecule has 2 aliphatic rings. The zero-order valence-corrected chi connectivity index (χ0v) is 20.1. The summed E-state index contributed by atoms with van der Waals surface area (Å²) in [5.74, 6) is -2.27. The Balaban J connectivity index is 1.51. The maximum absolute atomic E-state index is 13.3. The smallest absolute Gasteiger partial charge is 0.526 e. The summed E-state index contributed by atoms with van der Waals surface area (Å²) in [5.41, 5.74) is 7.42. The number of aryl methyl sites for hydroxylation is 1. The number of piperazine rings is 1. The number of urea groups is 1. The third kappa shape index (κ3) is 4.98. The summed E-state index contributed by atoms with van der Waals surface area (Å²) in [5, 5.41) is 13.1. The number of para-hydroxylation sites is 1. The molecule has 0 spiro atoms. The van der Waals surface area contributed by atoms with E-state index in [1.165, 1.54) is 4.90 Å². The molecule has 1 fully saturated rings. The Morgan fingerprint density at radius 1 is 1.34 bits per heavy atom. The number of hydrogen-bond acceptors (Lipinski definition) is 10. The molecule has 2 aromatic rings. The number of ketones is 1. The van der Waals surface area contributed by atoms with Gasteiger partial charge in [0.05, 0.1) is 0 Å². The molecular weight excluding hydrogens is 475 g/mol. The van der Waals surface area contributed by atoms with Crippen LogP contribution in [-0.2, 0) is 20.8 Å². The van der Waals surface area contributed by atoms with Gasteiger partial charge in [0.25, 0.3) is 0 Å². The van der Waals surface area contributed by atoms with Crippen molar-refractivity contribution in [1.29, 1.82) is 0 Å². The quantitative estimate of drug-likeness (QED) is 0.374. The highest BCUT2D eigenvalue weighted by atomic mass is 32.1. The fourth-order valence-electron chi connectivity index (χ4n) is 4.22. The van der Waals surface area contributed by atoms with Crippen LogP contribution in [-0.4, -0.2) is 74.6 Å². The number of rotatable bonds is 6. The minimum absolute atomic E-state index is 0.0108. The van der Waals surface area contributed by atoms with Crippen molar-refractivity contribution < 1.29 is 28.9 Å². The molecule has 14 heteroatoms. The number of fused-ring (bicyclic) bond motifs is 1. The van der Waals surface area contributed by atoms with Crippen molar-refractivity contribution in [3.63, 3.8) is 0 Å². The molecule has 0 bridgehead atoms. The maximum atomic E-state index is 13.3. The molecular formula is C21H25BN6O6S. The number of benzene rings is 1. The Morgan fingerprint density at radius 2 is 2.11 bits per heavy atom. The summed E-state index contributed by atoms with van der Waals surface area (Å²) in [6, 6.07) is 3.37. The van der Waals surface area contributed by atoms with Crippen LogP contribution in [0.4, 0.5) is 9.93 Å². The second kappa shape index (κ2) is 10.00. The van der Waals surface area contributed by atoms with Crippen LogP contribution in [0.2, 0.25) is 5.82 Å². The second-order valence-corrected chi connectivity index (χ2v) is 9.20. The summed E-state index contributed by atoms with van der Waals surface area (Å²) in [6.45, 7) is 4.13. The average Bonchev–Trinajstić information content (AvgIpc) is 3.26. The topological polar surface area (TPSA) is 168 Å². The Hall–Kier alpha value is -3.52. The Bertz CT molecular complexity index is 1170. The van der Waals surface area contributed by atoms with Crippen LogP contribution < -0.4 is 15.7 Å². The Morgan fingerprint density at radius 3 is 2.80 bits per heavy atom. The summed E-state index contributed by atoms with van der Waals surface area (Å²) in [6.07, 6.45) is 0.234. The molecule has 3 heterocycles. The number of nitrogens with one attached hydrogen (secondary N) is 1. The number of aromatic nitrogens is 2. The molecule has 12 nitrogen and oxygen atoms in total. The van der Waals surface area contributed by atoms with Crippen LogP contribution in [0.5, 0.6) is 5.75 Å². The molecule has 0 radical (unpaired) electrons. The van der Waals surface area contributed by atoms with Crippen molar-refractivity contribution >= 4 is 47.4 Å². The molecule has 4 N–H and O–H groups in total. The number of amides is 4. The molecule has 1 saturated heterocycles. The summed E-state index contributed by atoms with van der Waals surface area (Å²) < 4.78 is 9.71. The Labute approximate surface area is 205 Å². The highest BCUT2D eigenvalue weighted by Gasteiger charge is 2.41. The molecule has 0 aliphatic carbocycles. The molecule has 2 atom stereocenters. The zero-order chi connectivity index (χ0) is 25.3. The van der Waals surface area contributed by atoms with Crippen molar-refractivity contribution in [2.24, 2.45) is 0 Å². The van der Waals surface area contributed by atoms with Gasteiger partial charge < -0.3 is 25.6 Å². The van der Waals surface area contributed by atoms with E-state index in [2.05, 4.69) is 14.7 Å². The van der Waals surface area contributed by atoms with Gasteiger partial charge in [-0.05, 0) is 31.4 Å². The third-order valence-electron chi connectivity index (χ3n) is 6.12. The van der Waals surface area contributed by atoms with Crippen molar-refractivity contribution in [1.82, 2.24) is 24.5 Å². The highest BCUT2D eigenvalue weighted by molar-refractivity contribution is 7.09. The first-order valence-electron chi connectivity index (χ1n) is 11.2. The number of anilines is 1. The summed E-state index contributed by atoms with van der Waals surface area (Å²) >= 11 is 0.854. The van der Waals surface area contributed by atoms with Gasteiger partial charge in [-0.2, -0.15) is 4.37 Å². The second-order valence-electron chi connectivity index (χ2n) is 8.42. The van der Waals surface area contributed by atoms with Crippen molar-refractivity contribution in [3.8, 4) is 5.75 Å². The van der Waals surface area contributed by atoms with E-state index in [0.29, 0.717) is 18.7 Å². The van der Waals surface area contributed by atoms with Gasteiger partial charge in [-0.15, -0.1) is 0 Å². The van der Waals surface area contributed by atoms with E-state index in [1.54, 1.807) is 6.92 Å². The lowest BCUT2D eigenvalue weighted by molar-refractivity contribution is -0.153. The van der Waals surface area contributed by atoms with Crippen molar-refractivity contribution in [3.05, 3.63) is 35.2 Å². The van der Waals surface area contributed by atoms with E-state index in [9.17, 15) is 24.2 Å². The molecule has 2 aliphatic heterocycles.